The number of hydrogen-bond acceptors (Lipinski definition) is 2. The number of rotatable bonds is 6. The van der Waals surface area contributed by atoms with Crippen LogP contribution in [-0.4, -0.2) is 23.0 Å². The predicted octanol–water partition coefficient (Wildman–Crippen LogP) is 2.18. The molecule has 3 aliphatic carbocycles. The molecule has 0 aromatic rings. The van der Waals surface area contributed by atoms with Gasteiger partial charge >= 0.3 is 5.97 Å². The molecule has 3 saturated carbocycles. The van der Waals surface area contributed by atoms with Gasteiger partial charge in [-0.05, 0) is 56.3 Å². The van der Waals surface area contributed by atoms with Crippen LogP contribution in [0.1, 0.15) is 51.4 Å². The first-order valence-electron chi connectivity index (χ1n) is 7.70. The molecule has 0 spiro atoms. The molecule has 3 rings (SSSR count). The number of carbonyl (C=O) groups is 2. The molecule has 1 atom stereocenters. The van der Waals surface area contributed by atoms with Crippen molar-refractivity contribution in [1.29, 1.82) is 0 Å². The minimum absolute atomic E-state index is 0.0219. The van der Waals surface area contributed by atoms with E-state index in [4.69, 9.17) is 0 Å². The average Bonchev–Trinajstić information content (AvgIpc) is 3.02. The number of hydrogen-bond donors (Lipinski definition) is 2. The Hall–Kier alpha value is -1.06. The molecule has 3 fully saturated rings. The lowest BCUT2D eigenvalue weighted by atomic mass is 9.64. The minimum atomic E-state index is -0.864. The van der Waals surface area contributed by atoms with Crippen molar-refractivity contribution in [2.24, 2.45) is 23.7 Å². The van der Waals surface area contributed by atoms with Gasteiger partial charge in [-0.15, -0.1) is 0 Å². The van der Waals surface area contributed by atoms with Crippen molar-refractivity contribution in [2.45, 2.75) is 57.4 Å². The van der Waals surface area contributed by atoms with E-state index in [0.717, 1.165) is 38.5 Å². The summed E-state index contributed by atoms with van der Waals surface area (Å²) >= 11 is 0. The molecule has 0 saturated heterocycles. The first-order chi connectivity index (χ1) is 9.16. The van der Waals surface area contributed by atoms with Crippen LogP contribution < -0.4 is 5.32 Å². The Morgan fingerprint density at radius 1 is 0.895 bits per heavy atom. The molecule has 4 heteroatoms. The fourth-order valence-electron chi connectivity index (χ4n) is 3.47. The smallest absolute Gasteiger partial charge is 0.326 e. The topological polar surface area (TPSA) is 66.4 Å². The molecule has 0 bridgehead atoms. The summed E-state index contributed by atoms with van der Waals surface area (Å²) in [6.45, 7) is 0. The summed E-state index contributed by atoms with van der Waals surface area (Å²) in [5.41, 5.74) is 0. The van der Waals surface area contributed by atoms with Gasteiger partial charge in [0, 0.05) is 5.92 Å². The molecule has 0 aromatic heterocycles. The largest absolute Gasteiger partial charge is 0.480 e. The number of aliphatic carboxylic acids is 1. The lowest BCUT2D eigenvalue weighted by Gasteiger charge is -2.41. The van der Waals surface area contributed by atoms with E-state index in [2.05, 4.69) is 5.32 Å². The van der Waals surface area contributed by atoms with Gasteiger partial charge in [-0.2, -0.15) is 0 Å². The van der Waals surface area contributed by atoms with Crippen molar-refractivity contribution in [3.63, 3.8) is 0 Å². The van der Waals surface area contributed by atoms with Crippen molar-refractivity contribution in [3.05, 3.63) is 0 Å². The van der Waals surface area contributed by atoms with E-state index < -0.39 is 12.0 Å². The van der Waals surface area contributed by atoms with Crippen LogP contribution >= 0.6 is 0 Å². The highest BCUT2D eigenvalue weighted by molar-refractivity contribution is 5.86. The highest BCUT2D eigenvalue weighted by Crippen LogP contribution is 2.44. The summed E-state index contributed by atoms with van der Waals surface area (Å²) < 4.78 is 0. The van der Waals surface area contributed by atoms with Crippen molar-refractivity contribution in [3.8, 4) is 0 Å². The molecule has 3 aliphatic rings. The van der Waals surface area contributed by atoms with E-state index in [1.165, 1.54) is 12.8 Å². The molecule has 1 amide bonds. The maximum absolute atomic E-state index is 12.5. The van der Waals surface area contributed by atoms with Crippen LogP contribution in [0.4, 0.5) is 0 Å². The third kappa shape index (κ3) is 2.63. The summed E-state index contributed by atoms with van der Waals surface area (Å²) in [6, 6.07) is -0.643. The molecule has 19 heavy (non-hydrogen) atoms. The summed E-state index contributed by atoms with van der Waals surface area (Å²) in [5, 5.41) is 12.1. The fourth-order valence-corrected chi connectivity index (χ4v) is 3.47. The summed E-state index contributed by atoms with van der Waals surface area (Å²) in [5.74, 6) is 0.441. The third-order valence-corrected chi connectivity index (χ3v) is 5.28. The number of carbonyl (C=O) groups excluding carboxylic acids is 1. The van der Waals surface area contributed by atoms with Crippen LogP contribution in [0.5, 0.6) is 0 Å². The molecule has 0 radical (unpaired) electrons. The van der Waals surface area contributed by atoms with Crippen molar-refractivity contribution < 1.29 is 14.7 Å². The van der Waals surface area contributed by atoms with Gasteiger partial charge in [0.2, 0.25) is 5.91 Å². The lowest BCUT2D eigenvalue weighted by molar-refractivity contribution is -0.144. The van der Waals surface area contributed by atoms with Gasteiger partial charge in [0.05, 0.1) is 0 Å². The molecule has 0 aliphatic heterocycles. The van der Waals surface area contributed by atoms with E-state index in [9.17, 15) is 14.7 Å². The van der Waals surface area contributed by atoms with Crippen LogP contribution in [0.25, 0.3) is 0 Å². The zero-order valence-electron chi connectivity index (χ0n) is 11.3. The molecule has 4 nitrogen and oxygen atoms in total. The van der Waals surface area contributed by atoms with Gasteiger partial charge in [0.15, 0.2) is 0 Å². The highest BCUT2D eigenvalue weighted by atomic mass is 16.4. The number of amides is 1. The van der Waals surface area contributed by atoms with Crippen molar-refractivity contribution in [2.75, 3.05) is 0 Å². The third-order valence-electron chi connectivity index (χ3n) is 5.28. The van der Waals surface area contributed by atoms with Crippen LogP contribution in [-0.2, 0) is 9.59 Å². The fraction of sp³-hybridized carbons (Fsp3) is 0.867. The number of carboxylic acids is 1. The first kappa shape index (κ1) is 12.9. The molecule has 1 unspecified atom stereocenters. The van der Waals surface area contributed by atoms with E-state index >= 15 is 0 Å². The SMILES string of the molecule is O=C(O)C(NC(=O)C(C1CCC1)C1CCC1)C1CC1. The van der Waals surface area contributed by atoms with Gasteiger partial charge in [0.25, 0.3) is 0 Å². The maximum Gasteiger partial charge on any atom is 0.326 e. The summed E-state index contributed by atoms with van der Waals surface area (Å²) in [7, 11) is 0. The predicted molar refractivity (Wildman–Crippen MR) is 70.5 cm³/mol. The van der Waals surface area contributed by atoms with Crippen LogP contribution in [0.3, 0.4) is 0 Å². The Morgan fingerprint density at radius 2 is 1.42 bits per heavy atom. The molecule has 2 N–H and O–H groups in total. The standard InChI is InChI=1S/C15H23NO3/c17-14(16-13(15(18)19)11-7-8-11)12(9-3-1-4-9)10-5-2-6-10/h9-13H,1-8H2,(H,16,17)(H,18,19). The normalized spacial score (nSPS) is 25.5. The zero-order valence-corrected chi connectivity index (χ0v) is 11.3. The summed E-state index contributed by atoms with van der Waals surface area (Å²) in [6.07, 6.45) is 8.93. The molecule has 0 heterocycles. The first-order valence-corrected chi connectivity index (χ1v) is 7.70. The average molecular weight is 265 g/mol. The minimum Gasteiger partial charge on any atom is -0.480 e. The zero-order chi connectivity index (χ0) is 13.4. The quantitative estimate of drug-likeness (QED) is 0.773. The van der Waals surface area contributed by atoms with Crippen molar-refractivity contribution in [1.82, 2.24) is 5.32 Å². The van der Waals surface area contributed by atoms with Crippen LogP contribution in [0.2, 0.25) is 0 Å². The van der Waals surface area contributed by atoms with Crippen molar-refractivity contribution >= 4 is 11.9 Å². The molecular formula is C15H23NO3. The van der Waals surface area contributed by atoms with E-state index in [0.29, 0.717) is 11.8 Å². The Labute approximate surface area is 113 Å². The monoisotopic (exact) mass is 265 g/mol. The molecule has 106 valence electrons. The van der Waals surface area contributed by atoms with Gasteiger partial charge in [-0.1, -0.05) is 12.8 Å². The summed E-state index contributed by atoms with van der Waals surface area (Å²) in [4.78, 5) is 23.7. The molecular weight excluding hydrogens is 242 g/mol. The van der Waals surface area contributed by atoms with Crippen LogP contribution in [0, 0.1) is 23.7 Å². The van der Waals surface area contributed by atoms with E-state index in [-0.39, 0.29) is 17.7 Å². The second-order valence-electron chi connectivity index (χ2n) is 6.57. The second kappa shape index (κ2) is 5.14. The van der Waals surface area contributed by atoms with Gasteiger partial charge in [-0.25, -0.2) is 4.79 Å². The Kier molecular flexibility index (Phi) is 3.50. The molecule has 0 aromatic carbocycles. The number of carboxylic acid groups (broad SMARTS) is 1. The Morgan fingerprint density at radius 3 is 1.74 bits per heavy atom. The van der Waals surface area contributed by atoms with Crippen LogP contribution in [0.15, 0.2) is 0 Å². The Bertz CT molecular complexity index is 356. The van der Waals surface area contributed by atoms with Gasteiger partial charge in [0.1, 0.15) is 6.04 Å². The van der Waals surface area contributed by atoms with Gasteiger partial charge < -0.3 is 10.4 Å². The second-order valence-corrected chi connectivity index (χ2v) is 6.57. The highest BCUT2D eigenvalue weighted by Gasteiger charge is 2.43. The Balaban J connectivity index is 1.63. The van der Waals surface area contributed by atoms with E-state index in [1.54, 1.807) is 0 Å². The van der Waals surface area contributed by atoms with Gasteiger partial charge in [-0.3, -0.25) is 4.79 Å². The number of nitrogens with one attached hydrogen (secondary N) is 1. The maximum atomic E-state index is 12.5. The van der Waals surface area contributed by atoms with E-state index in [1.807, 2.05) is 0 Å². The lowest BCUT2D eigenvalue weighted by Crippen LogP contribution is -2.50.